The fourth-order valence-corrected chi connectivity index (χ4v) is 4.92. The van der Waals surface area contributed by atoms with Crippen LogP contribution in [0.1, 0.15) is 30.9 Å². The summed E-state index contributed by atoms with van der Waals surface area (Å²) in [4.78, 5) is 14.8. The number of likely N-dealkylation sites (N-methyl/N-ethyl adjacent to an activating group) is 1. The van der Waals surface area contributed by atoms with Gasteiger partial charge in [0.25, 0.3) is 10.0 Å². The van der Waals surface area contributed by atoms with Crippen molar-refractivity contribution < 1.29 is 17.9 Å². The first-order chi connectivity index (χ1) is 15.7. The SMILES string of the molecule is COc1ccccc1CN(C)C(=O)CN(c1ccc(C(C)C)cc1)S(=O)(=O)c1ccccc1. The molecule has 3 aromatic rings. The first-order valence-electron chi connectivity index (χ1n) is 10.8. The van der Waals surface area contributed by atoms with Gasteiger partial charge in [-0.25, -0.2) is 8.42 Å². The third kappa shape index (κ3) is 5.73. The third-order valence-corrected chi connectivity index (χ3v) is 7.27. The van der Waals surface area contributed by atoms with Crippen LogP contribution < -0.4 is 9.04 Å². The van der Waals surface area contributed by atoms with Crippen LogP contribution in [0.5, 0.6) is 5.75 Å². The Balaban J connectivity index is 1.91. The lowest BCUT2D eigenvalue weighted by Crippen LogP contribution is -2.41. The quantitative estimate of drug-likeness (QED) is 0.460. The summed E-state index contributed by atoms with van der Waals surface area (Å²) in [6.45, 7) is 4.13. The molecule has 6 nitrogen and oxygen atoms in total. The number of rotatable bonds is 9. The summed E-state index contributed by atoms with van der Waals surface area (Å²) in [5.74, 6) is 0.662. The Bertz CT molecular complexity index is 1180. The summed E-state index contributed by atoms with van der Waals surface area (Å²) < 4.78 is 33.6. The van der Waals surface area contributed by atoms with Crippen molar-refractivity contribution in [1.29, 1.82) is 0 Å². The highest BCUT2D eigenvalue weighted by Crippen LogP contribution is 2.26. The number of hydrogen-bond acceptors (Lipinski definition) is 4. The zero-order chi connectivity index (χ0) is 24.0. The standard InChI is InChI=1S/C26H30N2O4S/c1-20(2)21-14-16-23(17-15-21)28(33(30,31)24-11-6-5-7-12-24)19-26(29)27(3)18-22-10-8-9-13-25(22)32-4/h5-17,20H,18-19H2,1-4H3. The molecule has 0 aromatic heterocycles. The van der Waals surface area contributed by atoms with Crippen LogP contribution in [0.15, 0.2) is 83.8 Å². The summed E-state index contributed by atoms with van der Waals surface area (Å²) in [6, 6.07) is 22.9. The second kappa shape index (κ2) is 10.5. The number of para-hydroxylation sites is 1. The molecule has 0 atom stereocenters. The van der Waals surface area contributed by atoms with E-state index < -0.39 is 10.0 Å². The Morgan fingerprint density at radius 1 is 0.909 bits per heavy atom. The Morgan fingerprint density at radius 2 is 1.52 bits per heavy atom. The minimum absolute atomic E-state index is 0.137. The number of carbonyl (C=O) groups is 1. The number of hydrogen-bond donors (Lipinski definition) is 0. The van der Waals surface area contributed by atoms with Crippen LogP contribution in [-0.2, 0) is 21.4 Å². The number of sulfonamides is 1. The van der Waals surface area contributed by atoms with Crippen molar-refractivity contribution in [2.45, 2.75) is 31.2 Å². The van der Waals surface area contributed by atoms with E-state index in [9.17, 15) is 13.2 Å². The molecule has 3 aromatic carbocycles. The number of methoxy groups -OCH3 is 1. The average Bonchev–Trinajstić information content (AvgIpc) is 2.83. The summed E-state index contributed by atoms with van der Waals surface area (Å²) in [5.41, 5.74) is 2.38. The van der Waals surface area contributed by atoms with Gasteiger partial charge in [0, 0.05) is 19.2 Å². The van der Waals surface area contributed by atoms with Crippen LogP contribution in [0.2, 0.25) is 0 Å². The molecule has 3 rings (SSSR count). The normalized spacial score (nSPS) is 11.3. The molecule has 0 spiro atoms. The van der Waals surface area contributed by atoms with Gasteiger partial charge in [0.05, 0.1) is 17.7 Å². The molecule has 0 saturated carbocycles. The molecule has 0 unspecified atom stereocenters. The van der Waals surface area contributed by atoms with E-state index in [1.54, 1.807) is 44.5 Å². The maximum absolute atomic E-state index is 13.5. The van der Waals surface area contributed by atoms with Crippen molar-refractivity contribution in [3.05, 3.63) is 90.0 Å². The minimum Gasteiger partial charge on any atom is -0.496 e. The van der Waals surface area contributed by atoms with Gasteiger partial charge >= 0.3 is 0 Å². The molecular formula is C26H30N2O4S. The van der Waals surface area contributed by atoms with Crippen LogP contribution in [0.25, 0.3) is 0 Å². The van der Waals surface area contributed by atoms with Gasteiger partial charge in [-0.2, -0.15) is 0 Å². The highest BCUT2D eigenvalue weighted by atomic mass is 32.2. The number of ether oxygens (including phenoxy) is 1. The molecule has 0 saturated heterocycles. The average molecular weight is 467 g/mol. The van der Waals surface area contributed by atoms with Crippen LogP contribution in [0.3, 0.4) is 0 Å². The Kier molecular flexibility index (Phi) is 7.76. The summed E-state index contributed by atoms with van der Waals surface area (Å²) in [7, 11) is -0.705. The van der Waals surface area contributed by atoms with Gasteiger partial charge in [0.2, 0.25) is 5.91 Å². The summed E-state index contributed by atoms with van der Waals surface area (Å²) in [6.07, 6.45) is 0. The first-order valence-corrected chi connectivity index (χ1v) is 12.2. The van der Waals surface area contributed by atoms with Crippen molar-refractivity contribution in [2.24, 2.45) is 0 Å². The number of amides is 1. The van der Waals surface area contributed by atoms with Crippen LogP contribution in [-0.4, -0.2) is 39.9 Å². The van der Waals surface area contributed by atoms with E-state index in [1.165, 1.54) is 21.3 Å². The van der Waals surface area contributed by atoms with Crippen molar-refractivity contribution >= 4 is 21.6 Å². The summed E-state index contributed by atoms with van der Waals surface area (Å²) in [5, 5.41) is 0. The van der Waals surface area contributed by atoms with Gasteiger partial charge in [-0.1, -0.05) is 62.4 Å². The van der Waals surface area contributed by atoms with Gasteiger partial charge in [-0.3, -0.25) is 9.10 Å². The maximum atomic E-state index is 13.5. The van der Waals surface area contributed by atoms with Crippen molar-refractivity contribution in [2.75, 3.05) is 25.0 Å². The molecule has 1 amide bonds. The Hall–Kier alpha value is -3.32. The Labute approximate surface area is 196 Å². The van der Waals surface area contributed by atoms with Gasteiger partial charge in [-0.15, -0.1) is 0 Å². The molecule has 7 heteroatoms. The van der Waals surface area contributed by atoms with Gasteiger partial charge in [0.15, 0.2) is 0 Å². The number of carbonyl (C=O) groups excluding carboxylic acids is 1. The molecular weight excluding hydrogens is 436 g/mol. The molecule has 0 radical (unpaired) electrons. The van der Waals surface area contributed by atoms with Crippen molar-refractivity contribution in [1.82, 2.24) is 4.90 Å². The van der Waals surface area contributed by atoms with Crippen LogP contribution in [0, 0.1) is 0 Å². The number of anilines is 1. The number of benzene rings is 3. The van der Waals surface area contributed by atoms with Crippen LogP contribution >= 0.6 is 0 Å². The molecule has 0 fully saturated rings. The Morgan fingerprint density at radius 3 is 2.12 bits per heavy atom. The number of nitrogens with zero attached hydrogens (tertiary/aromatic N) is 2. The predicted molar refractivity (Wildman–Crippen MR) is 131 cm³/mol. The fourth-order valence-electron chi connectivity index (χ4n) is 3.48. The van der Waals surface area contributed by atoms with E-state index in [0.29, 0.717) is 23.9 Å². The van der Waals surface area contributed by atoms with Gasteiger partial charge in [-0.05, 0) is 41.8 Å². The maximum Gasteiger partial charge on any atom is 0.264 e. The van der Waals surface area contributed by atoms with Gasteiger partial charge < -0.3 is 9.64 Å². The van der Waals surface area contributed by atoms with E-state index in [4.69, 9.17) is 4.74 Å². The lowest BCUT2D eigenvalue weighted by molar-refractivity contribution is -0.128. The predicted octanol–water partition coefficient (Wildman–Crippen LogP) is 4.67. The van der Waals surface area contributed by atoms with E-state index in [1.807, 2.05) is 36.4 Å². The molecule has 0 N–H and O–H groups in total. The molecule has 0 bridgehead atoms. The smallest absolute Gasteiger partial charge is 0.264 e. The third-order valence-electron chi connectivity index (χ3n) is 5.48. The molecule has 0 aliphatic heterocycles. The largest absolute Gasteiger partial charge is 0.496 e. The monoisotopic (exact) mass is 466 g/mol. The molecule has 33 heavy (non-hydrogen) atoms. The van der Waals surface area contributed by atoms with Crippen LogP contribution in [0.4, 0.5) is 5.69 Å². The molecule has 0 aliphatic rings. The highest BCUT2D eigenvalue weighted by Gasteiger charge is 2.28. The summed E-state index contributed by atoms with van der Waals surface area (Å²) >= 11 is 0. The minimum atomic E-state index is -3.94. The lowest BCUT2D eigenvalue weighted by atomic mass is 10.0. The van der Waals surface area contributed by atoms with Crippen molar-refractivity contribution in [3.8, 4) is 5.75 Å². The molecule has 0 aliphatic carbocycles. The van der Waals surface area contributed by atoms with Crippen molar-refractivity contribution in [3.63, 3.8) is 0 Å². The first kappa shape index (κ1) is 24.3. The van der Waals surface area contributed by atoms with Gasteiger partial charge in [0.1, 0.15) is 12.3 Å². The lowest BCUT2D eigenvalue weighted by Gasteiger charge is -2.27. The molecule has 0 heterocycles. The zero-order valence-electron chi connectivity index (χ0n) is 19.4. The fraction of sp³-hybridized carbons (Fsp3) is 0.269. The second-order valence-corrected chi connectivity index (χ2v) is 9.99. The topological polar surface area (TPSA) is 66.9 Å². The second-order valence-electron chi connectivity index (χ2n) is 8.13. The zero-order valence-corrected chi connectivity index (χ0v) is 20.2. The van der Waals surface area contributed by atoms with E-state index in [2.05, 4.69) is 13.8 Å². The molecule has 174 valence electrons. The van der Waals surface area contributed by atoms with E-state index in [0.717, 1.165) is 11.1 Å². The van der Waals surface area contributed by atoms with E-state index in [-0.39, 0.29) is 17.3 Å². The van der Waals surface area contributed by atoms with E-state index >= 15 is 0 Å². The highest BCUT2D eigenvalue weighted by molar-refractivity contribution is 7.92.